The van der Waals surface area contributed by atoms with Crippen LogP contribution in [0.5, 0.6) is 11.5 Å². The predicted octanol–water partition coefficient (Wildman–Crippen LogP) is 5.42. The number of H-pyrrole nitrogens is 1. The van der Waals surface area contributed by atoms with Crippen molar-refractivity contribution in [1.29, 1.82) is 0 Å². The predicted molar refractivity (Wildman–Crippen MR) is 132 cm³/mol. The number of hydrogen-bond acceptors (Lipinski definition) is 6. The van der Waals surface area contributed by atoms with E-state index in [4.69, 9.17) is 9.47 Å². The molecule has 8 nitrogen and oxygen atoms in total. The fraction of sp³-hybridized carbons (Fsp3) is 0.240. The zero-order chi connectivity index (χ0) is 24.2. The van der Waals surface area contributed by atoms with Crippen LogP contribution in [0.1, 0.15) is 38.5 Å². The number of nitrogens with zero attached hydrogens (tertiary/aromatic N) is 1. The SMILES string of the molecule is CCOc1ccc(C(CNC(=O)c2cc([N+](=O)[O-])c(C)s2)c2c[nH]c3ccccc23)cc1OC. The second-order valence-corrected chi connectivity index (χ2v) is 8.96. The number of para-hydroxylation sites is 1. The van der Waals surface area contributed by atoms with E-state index in [0.29, 0.717) is 34.4 Å². The Morgan fingerprint density at radius 2 is 2.00 bits per heavy atom. The summed E-state index contributed by atoms with van der Waals surface area (Å²) >= 11 is 1.12. The van der Waals surface area contributed by atoms with E-state index in [-0.39, 0.29) is 17.5 Å². The van der Waals surface area contributed by atoms with Gasteiger partial charge in [-0.3, -0.25) is 14.9 Å². The van der Waals surface area contributed by atoms with E-state index in [1.165, 1.54) is 6.07 Å². The first kappa shape index (κ1) is 23.3. The lowest BCUT2D eigenvalue weighted by Gasteiger charge is -2.20. The summed E-state index contributed by atoms with van der Waals surface area (Å²) in [6, 6.07) is 15.1. The van der Waals surface area contributed by atoms with Gasteiger partial charge in [0.1, 0.15) is 0 Å². The average Bonchev–Trinajstić information content (AvgIpc) is 3.44. The van der Waals surface area contributed by atoms with Crippen molar-refractivity contribution >= 4 is 33.8 Å². The summed E-state index contributed by atoms with van der Waals surface area (Å²) in [6.45, 7) is 4.36. The van der Waals surface area contributed by atoms with Gasteiger partial charge in [-0.2, -0.15) is 0 Å². The van der Waals surface area contributed by atoms with Gasteiger partial charge in [0.15, 0.2) is 11.5 Å². The Morgan fingerprint density at radius 1 is 1.21 bits per heavy atom. The molecule has 1 atom stereocenters. The van der Waals surface area contributed by atoms with Gasteiger partial charge in [0.05, 0.1) is 28.4 Å². The standard InChI is InChI=1S/C25H25N3O5S/c1-4-33-22-10-9-16(11-23(22)32-3)18(19-14-26-20-8-6-5-7-17(19)20)13-27-25(29)24-12-21(28(30)31)15(2)34-24/h5-12,14,18,26H,4,13H2,1-3H3,(H,27,29). The van der Waals surface area contributed by atoms with Crippen LogP contribution < -0.4 is 14.8 Å². The van der Waals surface area contributed by atoms with Gasteiger partial charge in [0.2, 0.25) is 0 Å². The smallest absolute Gasteiger partial charge is 0.283 e. The fourth-order valence-corrected chi connectivity index (χ4v) is 4.92. The van der Waals surface area contributed by atoms with Crippen molar-refractivity contribution < 1.29 is 19.2 Å². The Bertz CT molecular complexity index is 1340. The first-order valence-electron chi connectivity index (χ1n) is 10.8. The number of aromatic nitrogens is 1. The van der Waals surface area contributed by atoms with Crippen molar-refractivity contribution in [3.63, 3.8) is 0 Å². The molecule has 2 N–H and O–H groups in total. The van der Waals surface area contributed by atoms with E-state index in [0.717, 1.165) is 33.4 Å². The molecule has 0 saturated heterocycles. The number of aryl methyl sites for hydroxylation is 1. The minimum atomic E-state index is -0.469. The molecule has 0 saturated carbocycles. The summed E-state index contributed by atoms with van der Waals surface area (Å²) in [5.41, 5.74) is 2.92. The van der Waals surface area contributed by atoms with Crippen molar-refractivity contribution in [3.05, 3.63) is 85.7 Å². The highest BCUT2D eigenvalue weighted by Crippen LogP contribution is 2.36. The summed E-state index contributed by atoms with van der Waals surface area (Å²) in [4.78, 5) is 27.7. The van der Waals surface area contributed by atoms with Gasteiger partial charge in [-0.15, -0.1) is 11.3 Å². The number of benzene rings is 2. The summed E-state index contributed by atoms with van der Waals surface area (Å²) in [5.74, 6) is 0.724. The molecule has 0 aliphatic carbocycles. The molecule has 9 heteroatoms. The number of fused-ring (bicyclic) bond motifs is 1. The van der Waals surface area contributed by atoms with Crippen molar-refractivity contribution in [3.8, 4) is 11.5 Å². The second-order valence-electron chi connectivity index (χ2n) is 7.70. The molecule has 4 aromatic rings. The molecule has 1 amide bonds. The number of carbonyl (C=O) groups is 1. The number of thiophene rings is 1. The molecule has 0 spiro atoms. The number of nitrogens with one attached hydrogen (secondary N) is 2. The third-order valence-corrected chi connectivity index (χ3v) is 6.70. The number of methoxy groups -OCH3 is 1. The minimum absolute atomic E-state index is 0.0421. The Morgan fingerprint density at radius 3 is 2.71 bits per heavy atom. The minimum Gasteiger partial charge on any atom is -0.493 e. The molecule has 0 aliphatic rings. The molecular weight excluding hydrogens is 454 g/mol. The Balaban J connectivity index is 1.68. The zero-order valence-corrected chi connectivity index (χ0v) is 19.9. The van der Waals surface area contributed by atoms with Crippen LogP contribution in [-0.4, -0.2) is 36.1 Å². The summed E-state index contributed by atoms with van der Waals surface area (Å²) < 4.78 is 11.2. The molecular formula is C25H25N3O5S. The summed E-state index contributed by atoms with van der Waals surface area (Å²) in [5, 5.41) is 15.2. The van der Waals surface area contributed by atoms with Crippen LogP contribution in [0.3, 0.4) is 0 Å². The van der Waals surface area contributed by atoms with Gasteiger partial charge in [-0.1, -0.05) is 24.3 Å². The van der Waals surface area contributed by atoms with Crippen LogP contribution in [0.4, 0.5) is 5.69 Å². The van der Waals surface area contributed by atoms with Gasteiger partial charge in [-0.25, -0.2) is 0 Å². The molecule has 0 bridgehead atoms. The van der Waals surface area contributed by atoms with Crippen LogP contribution in [-0.2, 0) is 0 Å². The van der Waals surface area contributed by atoms with Crippen molar-refractivity contribution in [2.24, 2.45) is 0 Å². The fourth-order valence-electron chi connectivity index (χ4n) is 4.01. The second kappa shape index (κ2) is 9.96. The van der Waals surface area contributed by atoms with Crippen LogP contribution in [0.2, 0.25) is 0 Å². The molecule has 176 valence electrons. The van der Waals surface area contributed by atoms with E-state index < -0.39 is 4.92 Å². The maximum Gasteiger partial charge on any atom is 0.283 e. The number of nitro groups is 1. The number of aromatic amines is 1. The number of amides is 1. The van der Waals surface area contributed by atoms with Crippen LogP contribution in [0.15, 0.2) is 54.7 Å². The molecule has 1 unspecified atom stereocenters. The highest BCUT2D eigenvalue weighted by atomic mass is 32.1. The highest BCUT2D eigenvalue weighted by molar-refractivity contribution is 7.14. The third-order valence-electron chi connectivity index (χ3n) is 5.67. The Hall–Kier alpha value is -3.85. The summed E-state index contributed by atoms with van der Waals surface area (Å²) in [6.07, 6.45) is 1.95. The lowest BCUT2D eigenvalue weighted by Crippen LogP contribution is -2.28. The number of rotatable bonds is 9. The van der Waals surface area contributed by atoms with Gasteiger partial charge in [0.25, 0.3) is 11.6 Å². The van der Waals surface area contributed by atoms with Crippen LogP contribution in [0, 0.1) is 17.0 Å². The number of carbonyl (C=O) groups excluding carboxylic acids is 1. The average molecular weight is 480 g/mol. The van der Waals surface area contributed by atoms with Crippen molar-refractivity contribution in [1.82, 2.24) is 10.3 Å². The molecule has 2 heterocycles. The Labute approximate surface area is 200 Å². The van der Waals surface area contributed by atoms with E-state index in [9.17, 15) is 14.9 Å². The highest BCUT2D eigenvalue weighted by Gasteiger charge is 2.23. The van der Waals surface area contributed by atoms with Gasteiger partial charge in [0, 0.05) is 35.6 Å². The van der Waals surface area contributed by atoms with E-state index in [2.05, 4.69) is 10.3 Å². The molecule has 4 rings (SSSR count). The quantitative estimate of drug-likeness (QED) is 0.246. The molecule has 2 aromatic carbocycles. The largest absolute Gasteiger partial charge is 0.493 e. The van der Waals surface area contributed by atoms with Crippen molar-refractivity contribution in [2.75, 3.05) is 20.3 Å². The van der Waals surface area contributed by atoms with Crippen LogP contribution in [0.25, 0.3) is 10.9 Å². The molecule has 0 radical (unpaired) electrons. The molecule has 34 heavy (non-hydrogen) atoms. The van der Waals surface area contributed by atoms with E-state index >= 15 is 0 Å². The molecule has 0 aliphatic heterocycles. The zero-order valence-electron chi connectivity index (χ0n) is 19.1. The van der Waals surface area contributed by atoms with Gasteiger partial charge in [-0.05, 0) is 43.2 Å². The third kappa shape index (κ3) is 4.60. The normalized spacial score (nSPS) is 11.9. The monoisotopic (exact) mass is 479 g/mol. The molecule has 2 aromatic heterocycles. The lowest BCUT2D eigenvalue weighted by atomic mass is 9.90. The van der Waals surface area contributed by atoms with Gasteiger partial charge < -0.3 is 19.8 Å². The van der Waals surface area contributed by atoms with Gasteiger partial charge >= 0.3 is 0 Å². The topological polar surface area (TPSA) is 106 Å². The summed E-state index contributed by atoms with van der Waals surface area (Å²) in [7, 11) is 1.59. The lowest BCUT2D eigenvalue weighted by molar-refractivity contribution is -0.385. The van der Waals surface area contributed by atoms with E-state index in [1.807, 2.05) is 55.6 Å². The maximum absolute atomic E-state index is 12.9. The number of hydrogen-bond donors (Lipinski definition) is 2. The first-order chi connectivity index (χ1) is 16.4. The first-order valence-corrected chi connectivity index (χ1v) is 11.6. The number of ether oxygens (including phenoxy) is 2. The van der Waals surface area contributed by atoms with Crippen molar-refractivity contribution in [2.45, 2.75) is 19.8 Å². The van der Waals surface area contributed by atoms with Crippen LogP contribution >= 0.6 is 11.3 Å². The van der Waals surface area contributed by atoms with E-state index in [1.54, 1.807) is 14.0 Å². The molecule has 0 fully saturated rings. The maximum atomic E-state index is 12.9. The Kier molecular flexibility index (Phi) is 6.83.